The maximum absolute atomic E-state index is 5.28. The first kappa shape index (κ1) is 15.0. The molecule has 0 saturated heterocycles. The van der Waals surface area contributed by atoms with Crippen molar-refractivity contribution in [2.45, 2.75) is 25.7 Å². The Hall–Kier alpha value is 0.500. The summed E-state index contributed by atoms with van der Waals surface area (Å²) in [5.41, 5.74) is 10.6. The van der Waals surface area contributed by atoms with Crippen molar-refractivity contribution < 1.29 is 0 Å². The summed E-state index contributed by atoms with van der Waals surface area (Å²) < 4.78 is 0. The molecule has 76 valence electrons. The Labute approximate surface area is 85.6 Å². The lowest BCUT2D eigenvalue weighted by Crippen LogP contribution is -2.00. The molecule has 0 amide bonds. The van der Waals surface area contributed by atoms with Gasteiger partial charge in [-0.3, -0.25) is 0 Å². The van der Waals surface area contributed by atoms with E-state index in [0.29, 0.717) is 11.8 Å². The summed E-state index contributed by atoms with van der Waals surface area (Å²) in [5, 5.41) is 0. The zero-order valence-electron chi connectivity index (χ0n) is 7.57. The highest BCUT2D eigenvalue weighted by Gasteiger charge is 1.83. The van der Waals surface area contributed by atoms with Crippen LogP contribution in [-0.4, -0.2) is 24.8 Å². The summed E-state index contributed by atoms with van der Waals surface area (Å²) in [6, 6.07) is 0. The average molecular weight is 215 g/mol. The van der Waals surface area contributed by atoms with Crippen LogP contribution in [0.1, 0.15) is 25.7 Å². The van der Waals surface area contributed by atoms with Crippen molar-refractivity contribution in [3.63, 3.8) is 0 Å². The second-order valence-electron chi connectivity index (χ2n) is 2.37. The Balaban J connectivity index is 0. The molecule has 0 rings (SSSR count). The molecule has 0 unspecified atom stereocenters. The third kappa shape index (κ3) is 22.4. The van der Waals surface area contributed by atoms with Crippen molar-refractivity contribution in [2.75, 3.05) is 24.8 Å². The van der Waals surface area contributed by atoms with E-state index in [2.05, 4.69) is 0 Å². The van der Waals surface area contributed by atoms with E-state index in [0.717, 1.165) is 25.9 Å². The van der Waals surface area contributed by atoms with Gasteiger partial charge in [-0.15, -0.1) is 23.2 Å². The van der Waals surface area contributed by atoms with Gasteiger partial charge in [-0.05, 0) is 25.9 Å². The minimum Gasteiger partial charge on any atom is -0.330 e. The van der Waals surface area contributed by atoms with Crippen LogP contribution in [0.4, 0.5) is 0 Å². The molecular formula is C8H20Cl2N2. The third-order valence-electron chi connectivity index (χ3n) is 1.23. The van der Waals surface area contributed by atoms with Gasteiger partial charge >= 0.3 is 0 Å². The molecule has 0 aromatic heterocycles. The molecule has 0 aliphatic heterocycles. The molecule has 12 heavy (non-hydrogen) atoms. The van der Waals surface area contributed by atoms with Gasteiger partial charge in [0.25, 0.3) is 0 Å². The van der Waals surface area contributed by atoms with Crippen LogP contribution in [0.5, 0.6) is 0 Å². The van der Waals surface area contributed by atoms with E-state index in [1.165, 1.54) is 12.8 Å². The Morgan fingerprint density at radius 1 is 0.667 bits per heavy atom. The van der Waals surface area contributed by atoms with Crippen LogP contribution >= 0.6 is 23.2 Å². The van der Waals surface area contributed by atoms with E-state index in [1.807, 2.05) is 0 Å². The van der Waals surface area contributed by atoms with Crippen molar-refractivity contribution in [1.82, 2.24) is 0 Å². The van der Waals surface area contributed by atoms with E-state index < -0.39 is 0 Å². The molecule has 0 aromatic carbocycles. The number of unbranched alkanes of at least 4 members (excludes halogenated alkanes) is 3. The normalized spacial score (nSPS) is 9.00. The van der Waals surface area contributed by atoms with E-state index >= 15 is 0 Å². The summed E-state index contributed by atoms with van der Waals surface area (Å²) in [5.74, 6) is 1.11. The summed E-state index contributed by atoms with van der Waals surface area (Å²) in [4.78, 5) is 0. The maximum Gasteiger partial charge on any atom is 0.0359 e. The molecule has 0 bridgehead atoms. The predicted octanol–water partition coefficient (Wildman–Crippen LogP) is 1.93. The smallest absolute Gasteiger partial charge is 0.0359 e. The van der Waals surface area contributed by atoms with Crippen molar-refractivity contribution in [3.8, 4) is 0 Å². The minimum absolute atomic E-state index is 0.557. The largest absolute Gasteiger partial charge is 0.330 e. The standard InChI is InChI=1S/C6H16N2.C2H4Cl2/c7-5-3-1-2-4-6-8;3-1-2-4/h1-8H2;1-2H2. The van der Waals surface area contributed by atoms with E-state index in [9.17, 15) is 0 Å². The van der Waals surface area contributed by atoms with Crippen LogP contribution in [0.3, 0.4) is 0 Å². The van der Waals surface area contributed by atoms with Gasteiger partial charge in [0.1, 0.15) is 0 Å². The van der Waals surface area contributed by atoms with Crippen molar-refractivity contribution in [1.29, 1.82) is 0 Å². The first-order valence-corrected chi connectivity index (χ1v) is 5.42. The molecule has 0 aliphatic rings. The molecular weight excluding hydrogens is 195 g/mol. The highest BCUT2D eigenvalue weighted by atomic mass is 35.5. The topological polar surface area (TPSA) is 52.0 Å². The van der Waals surface area contributed by atoms with Crippen molar-refractivity contribution in [2.24, 2.45) is 11.5 Å². The Kier molecular flexibility index (Phi) is 21.9. The molecule has 4 N–H and O–H groups in total. The lowest BCUT2D eigenvalue weighted by Gasteiger charge is -1.94. The van der Waals surface area contributed by atoms with Crippen LogP contribution in [0.15, 0.2) is 0 Å². The van der Waals surface area contributed by atoms with Gasteiger partial charge in [0.05, 0.1) is 0 Å². The average Bonchev–Trinajstić information content (AvgIpc) is 2.13. The zero-order valence-corrected chi connectivity index (χ0v) is 9.08. The van der Waals surface area contributed by atoms with Gasteiger partial charge in [-0.25, -0.2) is 0 Å². The number of alkyl halides is 2. The Bertz CT molecular complexity index is 55.0. The van der Waals surface area contributed by atoms with Crippen LogP contribution < -0.4 is 11.5 Å². The van der Waals surface area contributed by atoms with Crippen LogP contribution in [0, 0.1) is 0 Å². The number of hydrogen-bond acceptors (Lipinski definition) is 2. The Morgan fingerprint density at radius 3 is 1.17 bits per heavy atom. The molecule has 0 aliphatic carbocycles. The molecule has 0 heterocycles. The van der Waals surface area contributed by atoms with Gasteiger partial charge in [-0.2, -0.15) is 0 Å². The lowest BCUT2D eigenvalue weighted by molar-refractivity contribution is 0.653. The number of nitrogens with two attached hydrogens (primary N) is 2. The summed E-state index contributed by atoms with van der Waals surface area (Å²) >= 11 is 10.1. The Morgan fingerprint density at radius 2 is 1.00 bits per heavy atom. The van der Waals surface area contributed by atoms with Crippen molar-refractivity contribution in [3.05, 3.63) is 0 Å². The fourth-order valence-electron chi connectivity index (χ4n) is 0.642. The fraction of sp³-hybridized carbons (Fsp3) is 1.00. The first-order valence-electron chi connectivity index (χ1n) is 4.35. The SMILES string of the molecule is ClCCCl.NCCCCCCN. The summed E-state index contributed by atoms with van der Waals surface area (Å²) in [7, 11) is 0. The molecule has 0 saturated carbocycles. The molecule has 2 nitrogen and oxygen atoms in total. The quantitative estimate of drug-likeness (QED) is 0.525. The van der Waals surface area contributed by atoms with Gasteiger partial charge in [0, 0.05) is 11.8 Å². The summed E-state index contributed by atoms with van der Waals surface area (Å²) in [6.07, 6.45) is 4.79. The molecule has 4 heteroatoms. The molecule has 0 atom stereocenters. The zero-order chi connectivity index (χ0) is 9.66. The highest BCUT2D eigenvalue weighted by molar-refractivity contribution is 6.25. The van der Waals surface area contributed by atoms with Gasteiger partial charge in [0.15, 0.2) is 0 Å². The van der Waals surface area contributed by atoms with E-state index in [1.54, 1.807) is 0 Å². The number of hydrogen-bond donors (Lipinski definition) is 2. The van der Waals surface area contributed by atoms with Crippen LogP contribution in [0.2, 0.25) is 0 Å². The molecule has 0 fully saturated rings. The predicted molar refractivity (Wildman–Crippen MR) is 58.0 cm³/mol. The monoisotopic (exact) mass is 214 g/mol. The lowest BCUT2D eigenvalue weighted by atomic mass is 10.2. The molecule has 0 aromatic rings. The van der Waals surface area contributed by atoms with Crippen LogP contribution in [-0.2, 0) is 0 Å². The second kappa shape index (κ2) is 17.5. The number of rotatable bonds is 6. The highest BCUT2D eigenvalue weighted by Crippen LogP contribution is 1.95. The summed E-state index contributed by atoms with van der Waals surface area (Å²) in [6.45, 7) is 1.65. The maximum atomic E-state index is 5.28. The van der Waals surface area contributed by atoms with Crippen LogP contribution in [0.25, 0.3) is 0 Å². The minimum atomic E-state index is 0.557. The molecule has 0 spiro atoms. The third-order valence-corrected chi connectivity index (χ3v) is 1.80. The van der Waals surface area contributed by atoms with E-state index in [4.69, 9.17) is 34.7 Å². The second-order valence-corrected chi connectivity index (χ2v) is 3.13. The van der Waals surface area contributed by atoms with Gasteiger partial charge in [-0.1, -0.05) is 12.8 Å². The van der Waals surface area contributed by atoms with Crippen molar-refractivity contribution >= 4 is 23.2 Å². The van der Waals surface area contributed by atoms with Gasteiger partial charge < -0.3 is 11.5 Å². The van der Waals surface area contributed by atoms with Gasteiger partial charge in [0.2, 0.25) is 0 Å². The fourth-order valence-corrected chi connectivity index (χ4v) is 0.642. The van der Waals surface area contributed by atoms with E-state index in [-0.39, 0.29) is 0 Å². The molecule has 0 radical (unpaired) electrons. The first-order chi connectivity index (χ1) is 5.83. The number of halogens is 2.